The Kier molecular flexibility index (Phi) is 5.46. The monoisotopic (exact) mass is 392 g/mol. The Bertz CT molecular complexity index is 987. The highest BCUT2D eigenvalue weighted by Gasteiger charge is 2.44. The molecule has 1 saturated carbocycles. The Balaban J connectivity index is 1.31. The molecule has 1 fully saturated rings. The van der Waals surface area contributed by atoms with Crippen molar-refractivity contribution in [3.05, 3.63) is 71.8 Å². The lowest BCUT2D eigenvalue weighted by Gasteiger charge is -2.13. The molecule has 2 heterocycles. The van der Waals surface area contributed by atoms with E-state index in [0.29, 0.717) is 24.7 Å². The maximum absolute atomic E-state index is 12.5. The normalized spacial score (nSPS) is 17.6. The highest BCUT2D eigenvalue weighted by molar-refractivity contribution is 5.82. The summed E-state index contributed by atoms with van der Waals surface area (Å²) in [4.78, 5) is 16.5. The van der Waals surface area contributed by atoms with Gasteiger partial charge < -0.3 is 14.8 Å². The molecule has 1 aliphatic rings. The molecule has 1 amide bonds. The number of carbonyl (C=O) groups is 1. The summed E-state index contributed by atoms with van der Waals surface area (Å²) in [6.07, 6.45) is 8.17. The number of benzene rings is 1. The van der Waals surface area contributed by atoms with Crippen LogP contribution in [0.2, 0.25) is 0 Å². The first-order valence-corrected chi connectivity index (χ1v) is 9.59. The van der Waals surface area contributed by atoms with Crippen molar-refractivity contribution >= 4 is 5.91 Å². The summed E-state index contributed by atoms with van der Waals surface area (Å²) in [7, 11) is 3.50. The second-order valence-corrected chi connectivity index (χ2v) is 7.24. The van der Waals surface area contributed by atoms with Crippen molar-refractivity contribution in [1.29, 1.82) is 0 Å². The zero-order valence-electron chi connectivity index (χ0n) is 16.5. The van der Waals surface area contributed by atoms with E-state index in [1.165, 1.54) is 0 Å². The zero-order chi connectivity index (χ0) is 20.2. The van der Waals surface area contributed by atoms with Crippen molar-refractivity contribution < 1.29 is 14.3 Å². The Morgan fingerprint density at radius 1 is 1.21 bits per heavy atom. The van der Waals surface area contributed by atoms with E-state index in [1.807, 2.05) is 49.8 Å². The van der Waals surface area contributed by atoms with Crippen molar-refractivity contribution in [2.45, 2.75) is 25.5 Å². The number of pyridine rings is 1. The van der Waals surface area contributed by atoms with E-state index >= 15 is 0 Å². The molecule has 1 N–H and O–H groups in total. The van der Waals surface area contributed by atoms with Crippen molar-refractivity contribution in [2.75, 3.05) is 7.11 Å². The number of nitrogens with one attached hydrogen (secondary N) is 1. The van der Waals surface area contributed by atoms with Crippen molar-refractivity contribution in [3.8, 4) is 11.5 Å². The van der Waals surface area contributed by atoms with Crippen LogP contribution in [0, 0.1) is 5.92 Å². The van der Waals surface area contributed by atoms with Crippen LogP contribution in [-0.4, -0.2) is 27.8 Å². The summed E-state index contributed by atoms with van der Waals surface area (Å²) in [5.74, 6) is 1.70. The van der Waals surface area contributed by atoms with Crippen LogP contribution >= 0.6 is 0 Å². The summed E-state index contributed by atoms with van der Waals surface area (Å²) in [6, 6.07) is 9.53. The van der Waals surface area contributed by atoms with Crippen LogP contribution in [0.4, 0.5) is 0 Å². The maximum atomic E-state index is 12.5. The number of nitrogens with zero attached hydrogens (tertiary/aromatic N) is 3. The highest BCUT2D eigenvalue weighted by Crippen LogP contribution is 2.47. The fraction of sp³-hybridized carbons (Fsp3) is 0.318. The van der Waals surface area contributed by atoms with E-state index in [0.717, 1.165) is 23.1 Å². The first-order chi connectivity index (χ1) is 14.1. The quantitative estimate of drug-likeness (QED) is 0.638. The average molecular weight is 392 g/mol. The summed E-state index contributed by atoms with van der Waals surface area (Å²) in [5, 5.41) is 7.21. The van der Waals surface area contributed by atoms with E-state index < -0.39 is 0 Å². The van der Waals surface area contributed by atoms with Gasteiger partial charge in [-0.1, -0.05) is 6.07 Å². The van der Waals surface area contributed by atoms with Gasteiger partial charge in [0.1, 0.15) is 6.61 Å². The summed E-state index contributed by atoms with van der Waals surface area (Å²) < 4.78 is 13.1. The first-order valence-electron chi connectivity index (χ1n) is 9.59. The number of rotatable bonds is 8. The van der Waals surface area contributed by atoms with Gasteiger partial charge in [-0.15, -0.1) is 0 Å². The summed E-state index contributed by atoms with van der Waals surface area (Å²) >= 11 is 0. The van der Waals surface area contributed by atoms with E-state index in [4.69, 9.17) is 9.47 Å². The molecule has 1 aromatic carbocycles. The Morgan fingerprint density at radius 2 is 2.03 bits per heavy atom. The maximum Gasteiger partial charge on any atom is 0.224 e. The third-order valence-electron chi connectivity index (χ3n) is 5.12. The smallest absolute Gasteiger partial charge is 0.224 e. The number of carbonyl (C=O) groups excluding carboxylic acids is 1. The molecule has 2 unspecified atom stereocenters. The largest absolute Gasteiger partial charge is 0.493 e. The SMILES string of the molecule is COc1cc(CNC(=O)C2CC2c2cnn(C)c2)ccc1OCc1ccncc1. The lowest BCUT2D eigenvalue weighted by Crippen LogP contribution is -2.24. The minimum absolute atomic E-state index is 0.0315. The number of ether oxygens (including phenoxy) is 2. The summed E-state index contributed by atoms with van der Waals surface area (Å²) in [6.45, 7) is 0.891. The van der Waals surface area contributed by atoms with Gasteiger partial charge >= 0.3 is 0 Å². The third-order valence-corrected chi connectivity index (χ3v) is 5.12. The molecule has 3 aromatic rings. The first kappa shape index (κ1) is 19.0. The Labute approximate surface area is 169 Å². The van der Waals surface area contributed by atoms with Crippen LogP contribution in [0.3, 0.4) is 0 Å². The van der Waals surface area contributed by atoms with Gasteiger partial charge in [-0.2, -0.15) is 5.10 Å². The number of hydrogen-bond donors (Lipinski definition) is 1. The lowest BCUT2D eigenvalue weighted by molar-refractivity contribution is -0.122. The van der Waals surface area contributed by atoms with Gasteiger partial charge in [0.25, 0.3) is 0 Å². The standard InChI is InChI=1S/C22H24N4O3/c1-26-13-17(12-25-26)18-10-19(18)22(27)24-11-16-3-4-20(21(9-16)28-2)29-14-15-5-7-23-8-6-15/h3-9,12-13,18-19H,10-11,14H2,1-2H3,(H,24,27). The van der Waals surface area contributed by atoms with Gasteiger partial charge in [0.15, 0.2) is 11.5 Å². The third kappa shape index (κ3) is 4.56. The number of hydrogen-bond acceptors (Lipinski definition) is 5. The number of aryl methyl sites for hydroxylation is 1. The highest BCUT2D eigenvalue weighted by atomic mass is 16.5. The van der Waals surface area contributed by atoms with Crippen LogP contribution < -0.4 is 14.8 Å². The minimum atomic E-state index is 0.0315. The Morgan fingerprint density at radius 3 is 2.76 bits per heavy atom. The fourth-order valence-electron chi connectivity index (χ4n) is 3.39. The second-order valence-electron chi connectivity index (χ2n) is 7.24. The Hall–Kier alpha value is -3.35. The molecule has 2 aromatic heterocycles. The molecule has 0 spiro atoms. The predicted octanol–water partition coefficient (Wildman–Crippen LogP) is 2.82. The van der Waals surface area contributed by atoms with Crippen molar-refractivity contribution in [3.63, 3.8) is 0 Å². The molecule has 0 saturated heterocycles. The molecule has 150 valence electrons. The van der Waals surface area contributed by atoms with E-state index in [-0.39, 0.29) is 17.7 Å². The molecule has 0 radical (unpaired) electrons. The van der Waals surface area contributed by atoms with E-state index in [1.54, 1.807) is 24.2 Å². The van der Waals surface area contributed by atoms with Crippen LogP contribution in [-0.2, 0) is 25.0 Å². The van der Waals surface area contributed by atoms with Crippen LogP contribution in [0.15, 0.2) is 55.1 Å². The van der Waals surface area contributed by atoms with Gasteiger partial charge in [0.2, 0.25) is 5.91 Å². The lowest BCUT2D eigenvalue weighted by atomic mass is 10.1. The van der Waals surface area contributed by atoms with Crippen molar-refractivity contribution in [2.24, 2.45) is 13.0 Å². The van der Waals surface area contributed by atoms with Gasteiger partial charge in [-0.05, 0) is 53.3 Å². The predicted molar refractivity (Wildman–Crippen MR) is 107 cm³/mol. The number of methoxy groups -OCH3 is 1. The molecule has 0 bridgehead atoms. The molecule has 29 heavy (non-hydrogen) atoms. The molecule has 2 atom stereocenters. The average Bonchev–Trinajstić information content (AvgIpc) is 3.44. The topological polar surface area (TPSA) is 78.3 Å². The van der Waals surface area contributed by atoms with Gasteiger partial charge in [0.05, 0.1) is 13.3 Å². The van der Waals surface area contributed by atoms with Gasteiger partial charge in [-0.3, -0.25) is 14.5 Å². The molecule has 0 aliphatic heterocycles. The van der Waals surface area contributed by atoms with Crippen LogP contribution in [0.25, 0.3) is 0 Å². The fourth-order valence-corrected chi connectivity index (χ4v) is 3.39. The molecular formula is C22H24N4O3. The molecule has 4 rings (SSSR count). The van der Waals surface area contributed by atoms with Crippen LogP contribution in [0.1, 0.15) is 29.0 Å². The number of aromatic nitrogens is 3. The molecular weight excluding hydrogens is 368 g/mol. The van der Waals surface area contributed by atoms with Crippen molar-refractivity contribution in [1.82, 2.24) is 20.1 Å². The minimum Gasteiger partial charge on any atom is -0.493 e. The number of amides is 1. The molecule has 7 nitrogen and oxygen atoms in total. The van der Waals surface area contributed by atoms with E-state index in [2.05, 4.69) is 15.4 Å². The van der Waals surface area contributed by atoms with Gasteiger partial charge in [-0.25, -0.2) is 0 Å². The van der Waals surface area contributed by atoms with Gasteiger partial charge in [0, 0.05) is 38.1 Å². The summed E-state index contributed by atoms with van der Waals surface area (Å²) in [5.41, 5.74) is 3.13. The second kappa shape index (κ2) is 8.34. The molecule has 1 aliphatic carbocycles. The zero-order valence-corrected chi connectivity index (χ0v) is 16.5. The van der Waals surface area contributed by atoms with Crippen LogP contribution in [0.5, 0.6) is 11.5 Å². The molecule has 7 heteroatoms. The van der Waals surface area contributed by atoms with E-state index in [9.17, 15) is 4.79 Å².